The fourth-order valence-corrected chi connectivity index (χ4v) is 4.59. The molecule has 0 saturated carbocycles. The number of hydrogen-bond acceptors (Lipinski definition) is 3. The molecule has 1 aromatic rings. The Labute approximate surface area is 129 Å². The van der Waals surface area contributed by atoms with E-state index in [0.29, 0.717) is 6.42 Å². The number of β-amino-alcohol motifs (C(OH)–C–C–N with tert-alkyl or cyclic N) is 1. The van der Waals surface area contributed by atoms with Crippen molar-refractivity contribution in [2.45, 2.75) is 44.8 Å². The highest BCUT2D eigenvalue weighted by molar-refractivity contribution is 7.89. The van der Waals surface area contributed by atoms with Gasteiger partial charge in [-0.15, -0.1) is 0 Å². The van der Waals surface area contributed by atoms with Gasteiger partial charge in [-0.05, 0) is 31.0 Å². The summed E-state index contributed by atoms with van der Waals surface area (Å²) in [6, 6.07) is 2.13. The smallest absolute Gasteiger partial charge is 0.214 e. The number of sulfonamides is 1. The number of aliphatic hydroxyl groups is 1. The molecule has 1 aliphatic rings. The number of benzene rings is 1. The van der Waals surface area contributed by atoms with Crippen LogP contribution < -0.4 is 0 Å². The van der Waals surface area contributed by atoms with Gasteiger partial charge in [-0.25, -0.2) is 17.2 Å². The van der Waals surface area contributed by atoms with Gasteiger partial charge in [0.05, 0.1) is 17.9 Å². The number of unbranched alkanes of at least 4 members (excludes halogenated alkanes) is 2. The molecule has 1 aromatic carbocycles. The molecule has 7 heteroatoms. The van der Waals surface area contributed by atoms with Crippen molar-refractivity contribution in [1.29, 1.82) is 0 Å². The quantitative estimate of drug-likeness (QED) is 0.814. The van der Waals surface area contributed by atoms with Gasteiger partial charge in [0.1, 0.15) is 11.6 Å². The second-order valence-electron chi connectivity index (χ2n) is 5.66. The highest BCUT2D eigenvalue weighted by Crippen LogP contribution is 2.36. The normalized spacial score (nSPS) is 23.1. The summed E-state index contributed by atoms with van der Waals surface area (Å²) in [6.07, 6.45) is 1.40. The second-order valence-corrected chi connectivity index (χ2v) is 7.71. The Morgan fingerprint density at radius 3 is 2.73 bits per heavy atom. The molecule has 4 nitrogen and oxygen atoms in total. The van der Waals surface area contributed by atoms with Crippen LogP contribution in [0.1, 0.15) is 44.2 Å². The van der Waals surface area contributed by atoms with Crippen LogP contribution in [-0.4, -0.2) is 36.2 Å². The van der Waals surface area contributed by atoms with E-state index in [4.69, 9.17) is 0 Å². The van der Waals surface area contributed by atoms with Crippen LogP contribution in [0.2, 0.25) is 0 Å². The first kappa shape index (κ1) is 17.3. The highest BCUT2D eigenvalue weighted by atomic mass is 32.2. The van der Waals surface area contributed by atoms with E-state index in [1.54, 1.807) is 0 Å². The minimum Gasteiger partial charge on any atom is -0.392 e. The third kappa shape index (κ3) is 3.83. The van der Waals surface area contributed by atoms with E-state index in [2.05, 4.69) is 0 Å². The van der Waals surface area contributed by atoms with Crippen molar-refractivity contribution in [3.05, 3.63) is 35.4 Å². The number of halogens is 2. The molecule has 2 atom stereocenters. The summed E-state index contributed by atoms with van der Waals surface area (Å²) in [5.41, 5.74) is -0.0179. The van der Waals surface area contributed by atoms with E-state index in [-0.39, 0.29) is 24.3 Å². The summed E-state index contributed by atoms with van der Waals surface area (Å²) in [6.45, 7) is 1.90. The lowest BCUT2D eigenvalue weighted by Gasteiger charge is -2.24. The molecule has 0 unspecified atom stereocenters. The van der Waals surface area contributed by atoms with Crippen LogP contribution in [0.15, 0.2) is 18.2 Å². The zero-order valence-corrected chi connectivity index (χ0v) is 13.3. The van der Waals surface area contributed by atoms with Crippen molar-refractivity contribution >= 4 is 10.0 Å². The minimum absolute atomic E-state index is 0.0179. The first-order chi connectivity index (χ1) is 10.3. The molecule has 1 fully saturated rings. The number of aliphatic hydroxyl groups excluding tert-OH is 1. The van der Waals surface area contributed by atoms with E-state index in [0.717, 1.165) is 35.3 Å². The van der Waals surface area contributed by atoms with Crippen molar-refractivity contribution in [2.24, 2.45) is 0 Å². The molecular formula is C15H21F2NO3S. The maximum atomic E-state index is 13.9. The van der Waals surface area contributed by atoms with Gasteiger partial charge < -0.3 is 5.11 Å². The molecule has 0 aliphatic carbocycles. The first-order valence-corrected chi connectivity index (χ1v) is 9.08. The predicted octanol–water partition coefficient (Wildman–Crippen LogP) is 2.59. The fraction of sp³-hybridized carbons (Fsp3) is 0.600. The van der Waals surface area contributed by atoms with Gasteiger partial charge in [-0.2, -0.15) is 4.31 Å². The monoisotopic (exact) mass is 333 g/mol. The Balaban J connectivity index is 2.28. The Bertz CT molecular complexity index is 621. The van der Waals surface area contributed by atoms with E-state index >= 15 is 0 Å². The number of hydrogen-bond donors (Lipinski definition) is 1. The Hall–Kier alpha value is -1.05. The summed E-state index contributed by atoms with van der Waals surface area (Å²) in [7, 11) is -3.61. The van der Waals surface area contributed by atoms with Crippen molar-refractivity contribution in [3.8, 4) is 0 Å². The Morgan fingerprint density at radius 1 is 1.32 bits per heavy atom. The van der Waals surface area contributed by atoms with Gasteiger partial charge in [-0.1, -0.05) is 19.8 Å². The summed E-state index contributed by atoms with van der Waals surface area (Å²) < 4.78 is 53.3. The van der Waals surface area contributed by atoms with Crippen LogP contribution >= 0.6 is 0 Å². The molecule has 22 heavy (non-hydrogen) atoms. The zero-order chi connectivity index (χ0) is 16.3. The van der Waals surface area contributed by atoms with Gasteiger partial charge in [0, 0.05) is 12.1 Å². The van der Waals surface area contributed by atoms with Gasteiger partial charge in [0.2, 0.25) is 10.0 Å². The average molecular weight is 333 g/mol. The zero-order valence-electron chi connectivity index (χ0n) is 12.5. The molecule has 2 rings (SSSR count). The average Bonchev–Trinajstić information content (AvgIpc) is 2.84. The lowest BCUT2D eigenvalue weighted by molar-refractivity contribution is 0.188. The largest absolute Gasteiger partial charge is 0.392 e. The lowest BCUT2D eigenvalue weighted by Crippen LogP contribution is -2.34. The predicted molar refractivity (Wildman–Crippen MR) is 79.7 cm³/mol. The molecule has 0 aromatic heterocycles. The van der Waals surface area contributed by atoms with Gasteiger partial charge in [0.25, 0.3) is 0 Å². The number of rotatable bonds is 6. The lowest BCUT2D eigenvalue weighted by atomic mass is 10.0. The van der Waals surface area contributed by atoms with Crippen molar-refractivity contribution < 1.29 is 22.3 Å². The SMILES string of the molecule is CCCCCS(=O)(=O)N1C[C@H](O)C[C@@H]1c1cc(F)ccc1F. The minimum atomic E-state index is -3.61. The van der Waals surface area contributed by atoms with E-state index in [1.165, 1.54) is 0 Å². The fourth-order valence-electron chi connectivity index (χ4n) is 2.80. The molecule has 0 spiro atoms. The van der Waals surface area contributed by atoms with Crippen LogP contribution in [0.3, 0.4) is 0 Å². The van der Waals surface area contributed by atoms with E-state index < -0.39 is 33.8 Å². The van der Waals surface area contributed by atoms with Gasteiger partial charge >= 0.3 is 0 Å². The Morgan fingerprint density at radius 2 is 2.05 bits per heavy atom. The van der Waals surface area contributed by atoms with Gasteiger partial charge in [-0.3, -0.25) is 0 Å². The number of nitrogens with zero attached hydrogens (tertiary/aromatic N) is 1. The van der Waals surface area contributed by atoms with Crippen LogP contribution in [-0.2, 0) is 10.0 Å². The maximum absolute atomic E-state index is 13.9. The summed E-state index contributed by atoms with van der Waals surface area (Å²) >= 11 is 0. The summed E-state index contributed by atoms with van der Waals surface area (Å²) in [4.78, 5) is 0. The van der Waals surface area contributed by atoms with Crippen LogP contribution in [0, 0.1) is 11.6 Å². The summed E-state index contributed by atoms with van der Waals surface area (Å²) in [5.74, 6) is -1.32. The molecule has 0 amide bonds. The second kappa shape index (κ2) is 7.02. The van der Waals surface area contributed by atoms with Crippen molar-refractivity contribution in [2.75, 3.05) is 12.3 Å². The molecule has 1 heterocycles. The van der Waals surface area contributed by atoms with E-state index in [9.17, 15) is 22.3 Å². The molecule has 124 valence electrons. The summed E-state index contributed by atoms with van der Waals surface area (Å²) in [5, 5.41) is 9.80. The topological polar surface area (TPSA) is 57.6 Å². The van der Waals surface area contributed by atoms with Crippen LogP contribution in [0.25, 0.3) is 0 Å². The molecular weight excluding hydrogens is 312 g/mol. The molecule has 1 N–H and O–H groups in total. The van der Waals surface area contributed by atoms with Crippen molar-refractivity contribution in [1.82, 2.24) is 4.31 Å². The Kier molecular flexibility index (Phi) is 5.52. The highest BCUT2D eigenvalue weighted by Gasteiger charge is 2.40. The van der Waals surface area contributed by atoms with Crippen LogP contribution in [0.5, 0.6) is 0 Å². The molecule has 0 radical (unpaired) electrons. The standard InChI is InChI=1S/C15H21F2NO3S/c1-2-3-4-7-22(20,21)18-10-12(19)9-15(18)13-8-11(16)5-6-14(13)17/h5-6,8,12,15,19H,2-4,7,9-10H2,1H3/t12-,15-/m1/s1. The van der Waals surface area contributed by atoms with E-state index in [1.807, 2.05) is 6.92 Å². The first-order valence-electron chi connectivity index (χ1n) is 7.47. The molecule has 1 saturated heterocycles. The third-order valence-electron chi connectivity index (χ3n) is 3.91. The van der Waals surface area contributed by atoms with Crippen molar-refractivity contribution in [3.63, 3.8) is 0 Å². The molecule has 0 bridgehead atoms. The molecule has 1 aliphatic heterocycles. The van der Waals surface area contributed by atoms with Gasteiger partial charge in [0.15, 0.2) is 0 Å². The maximum Gasteiger partial charge on any atom is 0.214 e. The van der Waals surface area contributed by atoms with Crippen LogP contribution in [0.4, 0.5) is 8.78 Å². The third-order valence-corrected chi connectivity index (χ3v) is 5.84.